The number of likely N-dealkylation sites (tertiary alicyclic amines) is 1. The van der Waals surface area contributed by atoms with Crippen LogP contribution in [-0.2, 0) is 14.3 Å². The quantitative estimate of drug-likeness (QED) is 0.739. The van der Waals surface area contributed by atoms with E-state index in [-0.39, 0.29) is 30.8 Å². The summed E-state index contributed by atoms with van der Waals surface area (Å²) in [6, 6.07) is 3.62. The Morgan fingerprint density at radius 1 is 1.30 bits per heavy atom. The molecule has 1 aromatic rings. The second kappa shape index (κ2) is 8.45. The van der Waals surface area contributed by atoms with E-state index in [1.165, 1.54) is 0 Å². The monoisotopic (exact) mass is 321 g/mol. The lowest BCUT2D eigenvalue weighted by atomic mass is 10.1. The Morgan fingerprint density at radius 3 is 2.83 bits per heavy atom. The number of aryl methyl sites for hydroxylation is 1. The van der Waals surface area contributed by atoms with E-state index < -0.39 is 0 Å². The first-order chi connectivity index (χ1) is 11.1. The van der Waals surface area contributed by atoms with Gasteiger partial charge in [-0.1, -0.05) is 0 Å². The van der Waals surface area contributed by atoms with E-state index in [2.05, 4.69) is 10.2 Å². The summed E-state index contributed by atoms with van der Waals surface area (Å²) in [6.07, 6.45) is 1.95. The Bertz CT molecular complexity index is 533. The number of esters is 1. The van der Waals surface area contributed by atoms with Crippen molar-refractivity contribution in [2.24, 2.45) is 0 Å². The van der Waals surface area contributed by atoms with Crippen LogP contribution in [0.15, 0.2) is 12.1 Å². The third-order valence-corrected chi connectivity index (χ3v) is 3.64. The number of hydrogen-bond acceptors (Lipinski definition) is 6. The molecular weight excluding hydrogens is 298 g/mol. The van der Waals surface area contributed by atoms with Crippen molar-refractivity contribution in [1.29, 1.82) is 0 Å². The molecule has 126 valence electrons. The van der Waals surface area contributed by atoms with Gasteiger partial charge in [0.15, 0.2) is 0 Å². The summed E-state index contributed by atoms with van der Waals surface area (Å²) in [5, 5.41) is 7.94. The fourth-order valence-electron chi connectivity index (χ4n) is 2.48. The SMILES string of the molecule is CCOC(=O)CCC(=O)N1CCCC(Oc2ccc(C)nn2)C1. The molecule has 1 fully saturated rings. The van der Waals surface area contributed by atoms with Crippen LogP contribution in [0.1, 0.15) is 38.3 Å². The molecule has 0 N–H and O–H groups in total. The molecule has 23 heavy (non-hydrogen) atoms. The second-order valence-corrected chi connectivity index (χ2v) is 5.54. The van der Waals surface area contributed by atoms with Gasteiger partial charge in [0.05, 0.1) is 25.3 Å². The van der Waals surface area contributed by atoms with Gasteiger partial charge in [0.1, 0.15) is 6.10 Å². The molecule has 1 saturated heterocycles. The largest absolute Gasteiger partial charge is 0.471 e. The number of ether oxygens (including phenoxy) is 2. The number of hydrogen-bond donors (Lipinski definition) is 0. The highest BCUT2D eigenvalue weighted by Gasteiger charge is 2.25. The summed E-state index contributed by atoms with van der Waals surface area (Å²) < 4.78 is 10.6. The molecular formula is C16H23N3O4. The average molecular weight is 321 g/mol. The van der Waals surface area contributed by atoms with Crippen molar-refractivity contribution < 1.29 is 19.1 Å². The van der Waals surface area contributed by atoms with Gasteiger partial charge in [0.2, 0.25) is 11.8 Å². The molecule has 7 heteroatoms. The van der Waals surface area contributed by atoms with E-state index in [1.54, 1.807) is 17.9 Å². The van der Waals surface area contributed by atoms with Crippen LogP contribution in [0.3, 0.4) is 0 Å². The number of amides is 1. The first-order valence-corrected chi connectivity index (χ1v) is 7.99. The van der Waals surface area contributed by atoms with Crippen molar-refractivity contribution in [3.63, 3.8) is 0 Å². The lowest BCUT2D eigenvalue weighted by Crippen LogP contribution is -2.44. The first kappa shape index (κ1) is 17.2. The zero-order chi connectivity index (χ0) is 16.7. The van der Waals surface area contributed by atoms with E-state index in [0.717, 1.165) is 18.5 Å². The molecule has 0 saturated carbocycles. The molecule has 1 amide bonds. The molecule has 1 aliphatic rings. The topological polar surface area (TPSA) is 81.6 Å². The van der Waals surface area contributed by atoms with Crippen LogP contribution in [0.25, 0.3) is 0 Å². The molecule has 1 aromatic heterocycles. The van der Waals surface area contributed by atoms with Gasteiger partial charge in [-0.15, -0.1) is 5.10 Å². The van der Waals surface area contributed by atoms with Crippen LogP contribution < -0.4 is 4.74 Å². The summed E-state index contributed by atoms with van der Waals surface area (Å²) in [5.74, 6) is 0.100. The maximum Gasteiger partial charge on any atom is 0.306 e. The van der Waals surface area contributed by atoms with Gasteiger partial charge in [0, 0.05) is 19.0 Å². The third kappa shape index (κ3) is 5.50. The maximum absolute atomic E-state index is 12.2. The molecule has 0 spiro atoms. The highest BCUT2D eigenvalue weighted by molar-refractivity contribution is 5.81. The Morgan fingerprint density at radius 2 is 2.13 bits per heavy atom. The van der Waals surface area contributed by atoms with Gasteiger partial charge in [-0.25, -0.2) is 0 Å². The first-order valence-electron chi connectivity index (χ1n) is 7.99. The molecule has 1 aliphatic heterocycles. The molecule has 2 heterocycles. The minimum Gasteiger partial charge on any atom is -0.471 e. The van der Waals surface area contributed by atoms with Gasteiger partial charge >= 0.3 is 5.97 Å². The summed E-state index contributed by atoms with van der Waals surface area (Å²) in [7, 11) is 0. The highest BCUT2D eigenvalue weighted by Crippen LogP contribution is 2.17. The average Bonchev–Trinajstić information content (AvgIpc) is 2.55. The minimum atomic E-state index is -0.333. The molecule has 1 atom stereocenters. The van der Waals surface area contributed by atoms with E-state index in [9.17, 15) is 9.59 Å². The van der Waals surface area contributed by atoms with E-state index in [1.807, 2.05) is 13.0 Å². The van der Waals surface area contributed by atoms with Gasteiger partial charge in [0.25, 0.3) is 0 Å². The van der Waals surface area contributed by atoms with E-state index >= 15 is 0 Å². The zero-order valence-corrected chi connectivity index (χ0v) is 13.7. The number of aromatic nitrogens is 2. The maximum atomic E-state index is 12.2. The predicted octanol–water partition coefficient (Wildman–Crippen LogP) is 1.50. The van der Waals surface area contributed by atoms with Crippen LogP contribution in [-0.4, -0.2) is 52.8 Å². The van der Waals surface area contributed by atoms with Gasteiger partial charge in [-0.2, -0.15) is 5.10 Å². The van der Waals surface area contributed by atoms with Crippen molar-refractivity contribution in [2.45, 2.75) is 45.6 Å². The molecule has 0 radical (unpaired) electrons. The van der Waals surface area contributed by atoms with Crippen molar-refractivity contribution in [1.82, 2.24) is 15.1 Å². The highest BCUT2D eigenvalue weighted by atomic mass is 16.5. The predicted molar refractivity (Wildman–Crippen MR) is 82.9 cm³/mol. The summed E-state index contributed by atoms with van der Waals surface area (Å²) >= 11 is 0. The molecule has 0 bridgehead atoms. The van der Waals surface area contributed by atoms with Crippen molar-refractivity contribution in [3.8, 4) is 5.88 Å². The van der Waals surface area contributed by atoms with Crippen molar-refractivity contribution in [3.05, 3.63) is 17.8 Å². The second-order valence-electron chi connectivity index (χ2n) is 5.54. The lowest BCUT2D eigenvalue weighted by molar-refractivity contribution is -0.146. The van der Waals surface area contributed by atoms with Gasteiger partial charge in [-0.3, -0.25) is 9.59 Å². The van der Waals surface area contributed by atoms with Crippen LogP contribution >= 0.6 is 0 Å². The molecule has 0 aromatic carbocycles. The smallest absolute Gasteiger partial charge is 0.306 e. The fraction of sp³-hybridized carbons (Fsp3) is 0.625. The Labute approximate surface area is 136 Å². The standard InChI is InChI=1S/C16H23N3O4/c1-3-22-16(21)9-8-15(20)19-10-4-5-13(11-19)23-14-7-6-12(2)17-18-14/h6-7,13H,3-5,8-11H2,1-2H3. The third-order valence-electron chi connectivity index (χ3n) is 3.64. The number of carbonyl (C=O) groups excluding carboxylic acids is 2. The van der Waals surface area contributed by atoms with E-state index in [0.29, 0.717) is 25.6 Å². The fourth-order valence-corrected chi connectivity index (χ4v) is 2.48. The normalized spacial score (nSPS) is 17.7. The summed E-state index contributed by atoms with van der Waals surface area (Å²) in [5.41, 5.74) is 0.830. The van der Waals surface area contributed by atoms with Crippen LogP contribution in [0.5, 0.6) is 5.88 Å². The lowest BCUT2D eigenvalue weighted by Gasteiger charge is -2.32. The van der Waals surface area contributed by atoms with Crippen molar-refractivity contribution >= 4 is 11.9 Å². The number of rotatable bonds is 6. The zero-order valence-electron chi connectivity index (χ0n) is 13.7. The Hall–Kier alpha value is -2.18. The Balaban J connectivity index is 1.81. The van der Waals surface area contributed by atoms with Gasteiger partial charge in [-0.05, 0) is 32.8 Å². The molecule has 0 aliphatic carbocycles. The molecule has 1 unspecified atom stereocenters. The van der Waals surface area contributed by atoms with Crippen molar-refractivity contribution in [2.75, 3.05) is 19.7 Å². The molecule has 2 rings (SSSR count). The molecule has 7 nitrogen and oxygen atoms in total. The number of nitrogens with zero attached hydrogens (tertiary/aromatic N) is 3. The van der Waals surface area contributed by atoms with Crippen LogP contribution in [0.2, 0.25) is 0 Å². The van der Waals surface area contributed by atoms with Crippen LogP contribution in [0.4, 0.5) is 0 Å². The van der Waals surface area contributed by atoms with Gasteiger partial charge < -0.3 is 14.4 Å². The number of carbonyl (C=O) groups is 2. The minimum absolute atomic E-state index is 0.0404. The summed E-state index contributed by atoms with van der Waals surface area (Å²) in [4.78, 5) is 25.3. The van der Waals surface area contributed by atoms with Crippen LogP contribution in [0, 0.1) is 6.92 Å². The summed E-state index contributed by atoms with van der Waals surface area (Å²) in [6.45, 7) is 5.16. The Kier molecular flexibility index (Phi) is 6.31. The van der Waals surface area contributed by atoms with E-state index in [4.69, 9.17) is 9.47 Å². The number of piperidine rings is 1.